The van der Waals surface area contributed by atoms with E-state index >= 15 is 0 Å². The van der Waals surface area contributed by atoms with E-state index in [0.29, 0.717) is 6.54 Å². The fraction of sp³-hybridized carbons (Fsp3) is 0.364. The van der Waals surface area contributed by atoms with Crippen LogP contribution < -0.4 is 0 Å². The molecule has 28 heavy (non-hydrogen) atoms. The van der Waals surface area contributed by atoms with Gasteiger partial charge >= 0.3 is 0 Å². The summed E-state index contributed by atoms with van der Waals surface area (Å²) in [6.07, 6.45) is 3.98. The monoisotopic (exact) mass is 396 g/mol. The minimum atomic E-state index is -0.242. The van der Waals surface area contributed by atoms with Crippen LogP contribution in [0.5, 0.6) is 0 Å². The van der Waals surface area contributed by atoms with Crippen LogP contribution in [0, 0.1) is 5.82 Å². The first-order valence-corrected chi connectivity index (χ1v) is 10.9. The highest BCUT2D eigenvalue weighted by Gasteiger charge is 2.16. The lowest BCUT2D eigenvalue weighted by Gasteiger charge is -2.25. The molecule has 1 saturated heterocycles. The van der Waals surface area contributed by atoms with Crippen molar-refractivity contribution < 1.29 is 4.39 Å². The number of aromatic nitrogens is 3. The molecule has 0 bridgehead atoms. The molecule has 3 aromatic rings. The summed E-state index contributed by atoms with van der Waals surface area (Å²) in [7, 11) is 0. The van der Waals surface area contributed by atoms with Gasteiger partial charge in [-0.3, -0.25) is 4.57 Å². The van der Waals surface area contributed by atoms with Crippen molar-refractivity contribution in [1.29, 1.82) is 0 Å². The van der Waals surface area contributed by atoms with Crippen molar-refractivity contribution in [2.75, 3.05) is 25.4 Å². The number of halogens is 1. The van der Waals surface area contributed by atoms with Crippen molar-refractivity contribution in [3.8, 4) is 11.4 Å². The predicted octanol–water partition coefficient (Wildman–Crippen LogP) is 4.71. The lowest BCUT2D eigenvalue weighted by atomic mass is 10.1. The van der Waals surface area contributed by atoms with Crippen LogP contribution in [-0.4, -0.2) is 45.1 Å². The molecule has 4 rings (SSSR count). The molecule has 0 spiro atoms. The molecule has 2 heterocycles. The van der Waals surface area contributed by atoms with Gasteiger partial charge in [-0.1, -0.05) is 48.5 Å². The van der Waals surface area contributed by atoms with Gasteiger partial charge in [-0.15, -0.1) is 10.2 Å². The zero-order valence-electron chi connectivity index (χ0n) is 15.9. The standard InChI is InChI=1S/C22H25FN4S/c23-20-11-9-19(10-12-20)21-24-25-22(27(21)17-18-7-3-1-4-8-18)28-16-15-26-13-5-2-6-14-26/h1,3-4,7-12H,2,5-6,13-17H2. The van der Waals surface area contributed by atoms with E-state index in [-0.39, 0.29) is 5.82 Å². The predicted molar refractivity (Wildman–Crippen MR) is 112 cm³/mol. The Bertz CT molecular complexity index is 873. The smallest absolute Gasteiger partial charge is 0.191 e. The minimum Gasteiger partial charge on any atom is -0.303 e. The molecule has 1 aliphatic rings. The molecule has 0 amide bonds. The number of hydrogen-bond acceptors (Lipinski definition) is 4. The zero-order chi connectivity index (χ0) is 19.2. The van der Waals surface area contributed by atoms with E-state index < -0.39 is 0 Å². The molecule has 0 unspecified atom stereocenters. The fourth-order valence-electron chi connectivity index (χ4n) is 3.57. The highest BCUT2D eigenvalue weighted by molar-refractivity contribution is 7.99. The molecule has 146 valence electrons. The highest BCUT2D eigenvalue weighted by Crippen LogP contribution is 2.25. The van der Waals surface area contributed by atoms with Gasteiger partial charge in [-0.2, -0.15) is 0 Å². The number of piperidine rings is 1. The molecule has 2 aromatic carbocycles. The minimum absolute atomic E-state index is 0.242. The quantitative estimate of drug-likeness (QED) is 0.542. The Morgan fingerprint density at radius 2 is 1.64 bits per heavy atom. The Balaban J connectivity index is 1.53. The summed E-state index contributed by atoms with van der Waals surface area (Å²) in [5, 5.41) is 9.81. The first-order chi connectivity index (χ1) is 13.8. The molecule has 0 saturated carbocycles. The van der Waals surface area contributed by atoms with Gasteiger partial charge in [0.1, 0.15) is 5.82 Å². The van der Waals surface area contributed by atoms with Gasteiger partial charge in [0.25, 0.3) is 0 Å². The topological polar surface area (TPSA) is 34.0 Å². The SMILES string of the molecule is Fc1ccc(-c2nnc(SCCN3CCCCC3)n2Cc2ccccc2)cc1. The number of hydrogen-bond donors (Lipinski definition) is 0. The van der Waals surface area contributed by atoms with Crippen LogP contribution in [0.3, 0.4) is 0 Å². The van der Waals surface area contributed by atoms with Crippen molar-refractivity contribution in [3.63, 3.8) is 0 Å². The Kier molecular flexibility index (Phi) is 6.39. The van der Waals surface area contributed by atoms with Crippen molar-refractivity contribution in [2.45, 2.75) is 31.0 Å². The maximum absolute atomic E-state index is 13.3. The van der Waals surface area contributed by atoms with Crippen molar-refractivity contribution >= 4 is 11.8 Å². The van der Waals surface area contributed by atoms with Gasteiger partial charge in [0, 0.05) is 17.9 Å². The third kappa shape index (κ3) is 4.80. The van der Waals surface area contributed by atoms with Crippen LogP contribution in [0.1, 0.15) is 24.8 Å². The summed E-state index contributed by atoms with van der Waals surface area (Å²) in [5.41, 5.74) is 2.08. The van der Waals surface area contributed by atoms with Gasteiger partial charge in [0.2, 0.25) is 0 Å². The van der Waals surface area contributed by atoms with Crippen LogP contribution in [-0.2, 0) is 6.54 Å². The van der Waals surface area contributed by atoms with E-state index in [1.54, 1.807) is 23.9 Å². The highest BCUT2D eigenvalue weighted by atomic mass is 32.2. The molecule has 0 N–H and O–H groups in total. The van der Waals surface area contributed by atoms with Crippen molar-refractivity contribution in [3.05, 3.63) is 66.0 Å². The Hall–Kier alpha value is -2.18. The summed E-state index contributed by atoms with van der Waals surface area (Å²) in [4.78, 5) is 2.54. The van der Waals surface area contributed by atoms with Crippen LogP contribution in [0.4, 0.5) is 4.39 Å². The molecule has 0 atom stereocenters. The molecule has 1 aromatic heterocycles. The normalized spacial score (nSPS) is 15.0. The van der Waals surface area contributed by atoms with E-state index in [0.717, 1.165) is 28.8 Å². The zero-order valence-corrected chi connectivity index (χ0v) is 16.7. The maximum Gasteiger partial charge on any atom is 0.191 e. The molecule has 0 aliphatic carbocycles. The molecule has 1 fully saturated rings. The van der Waals surface area contributed by atoms with Crippen molar-refractivity contribution in [2.24, 2.45) is 0 Å². The van der Waals surface area contributed by atoms with Crippen molar-refractivity contribution in [1.82, 2.24) is 19.7 Å². The van der Waals surface area contributed by atoms with E-state index in [2.05, 4.69) is 31.8 Å². The number of benzene rings is 2. The first kappa shape index (κ1) is 19.2. The van der Waals surface area contributed by atoms with E-state index in [1.807, 2.05) is 18.2 Å². The maximum atomic E-state index is 13.3. The summed E-state index contributed by atoms with van der Waals surface area (Å²) >= 11 is 1.75. The summed E-state index contributed by atoms with van der Waals surface area (Å²) in [6, 6.07) is 16.8. The Morgan fingerprint density at radius 3 is 2.39 bits per heavy atom. The second-order valence-electron chi connectivity index (χ2n) is 7.14. The van der Waals surface area contributed by atoms with Gasteiger partial charge in [-0.25, -0.2) is 4.39 Å². The fourth-order valence-corrected chi connectivity index (χ4v) is 4.50. The molecular formula is C22H25FN4S. The summed E-state index contributed by atoms with van der Waals surface area (Å²) < 4.78 is 15.5. The molecule has 0 radical (unpaired) electrons. The van der Waals surface area contributed by atoms with Crippen LogP contribution in [0.25, 0.3) is 11.4 Å². The molecule has 1 aliphatic heterocycles. The average Bonchev–Trinajstić information content (AvgIpc) is 3.13. The van der Waals surface area contributed by atoms with E-state index in [4.69, 9.17) is 0 Å². The largest absolute Gasteiger partial charge is 0.303 e. The second kappa shape index (κ2) is 9.34. The lowest BCUT2D eigenvalue weighted by molar-refractivity contribution is 0.242. The average molecular weight is 397 g/mol. The third-order valence-corrected chi connectivity index (χ3v) is 6.04. The first-order valence-electron chi connectivity index (χ1n) is 9.88. The lowest BCUT2D eigenvalue weighted by Crippen LogP contribution is -2.31. The molecule has 4 nitrogen and oxygen atoms in total. The summed E-state index contributed by atoms with van der Waals surface area (Å²) in [6.45, 7) is 4.19. The van der Waals surface area contributed by atoms with E-state index in [9.17, 15) is 4.39 Å². The van der Waals surface area contributed by atoms with Gasteiger partial charge in [-0.05, 0) is 55.8 Å². The number of nitrogens with zero attached hydrogens (tertiary/aromatic N) is 4. The molecule has 6 heteroatoms. The summed E-state index contributed by atoms with van der Waals surface area (Å²) in [5.74, 6) is 1.54. The number of rotatable bonds is 7. The third-order valence-electron chi connectivity index (χ3n) is 5.09. The van der Waals surface area contributed by atoms with Gasteiger partial charge in [0.05, 0.1) is 6.54 Å². The Morgan fingerprint density at radius 1 is 0.893 bits per heavy atom. The van der Waals surface area contributed by atoms with Gasteiger partial charge < -0.3 is 4.90 Å². The van der Waals surface area contributed by atoms with Crippen LogP contribution in [0.15, 0.2) is 59.8 Å². The number of likely N-dealkylation sites (tertiary alicyclic amines) is 1. The Labute approximate surface area is 169 Å². The van der Waals surface area contributed by atoms with Crippen LogP contribution >= 0.6 is 11.8 Å². The van der Waals surface area contributed by atoms with Crippen LogP contribution in [0.2, 0.25) is 0 Å². The van der Waals surface area contributed by atoms with Gasteiger partial charge in [0.15, 0.2) is 11.0 Å². The second-order valence-corrected chi connectivity index (χ2v) is 8.20. The van der Waals surface area contributed by atoms with E-state index in [1.165, 1.54) is 50.0 Å². The molecular weight excluding hydrogens is 371 g/mol. The number of thioether (sulfide) groups is 1.